The van der Waals surface area contributed by atoms with Crippen LogP contribution in [0.5, 0.6) is 0 Å². The van der Waals surface area contributed by atoms with Crippen LogP contribution in [-0.4, -0.2) is 42.2 Å². The number of aliphatic hydroxyl groups excluding tert-OH is 1. The molecule has 0 saturated heterocycles. The zero-order chi connectivity index (χ0) is 10.8. The molecule has 1 heterocycles. The molecule has 0 radical (unpaired) electrons. The molecule has 0 spiro atoms. The summed E-state index contributed by atoms with van der Waals surface area (Å²) in [5.41, 5.74) is 5.20. The fourth-order valence-corrected chi connectivity index (χ4v) is 1.48. The predicted octanol–water partition coefficient (Wildman–Crippen LogP) is -1.39. The Hall–Kier alpha value is -0.920. The van der Waals surface area contributed by atoms with E-state index in [1.165, 1.54) is 17.1 Å². The maximum absolute atomic E-state index is 11.1. The third kappa shape index (κ3) is 2.79. The number of hydrogen-bond acceptors (Lipinski definition) is 5. The third-order valence-electron chi connectivity index (χ3n) is 1.71. The van der Waals surface area contributed by atoms with Gasteiger partial charge < -0.3 is 10.8 Å². The zero-order valence-electron chi connectivity index (χ0n) is 7.79. The van der Waals surface area contributed by atoms with Gasteiger partial charge in [-0.2, -0.15) is 5.10 Å². The Kier molecular flexibility index (Phi) is 3.25. The molecule has 7 heteroatoms. The van der Waals surface area contributed by atoms with E-state index in [1.807, 2.05) is 0 Å². The number of aromatic nitrogens is 2. The second kappa shape index (κ2) is 4.07. The van der Waals surface area contributed by atoms with Crippen molar-refractivity contribution in [2.75, 3.05) is 12.8 Å². The van der Waals surface area contributed by atoms with Crippen LogP contribution < -0.4 is 5.73 Å². The molecule has 1 atom stereocenters. The second-order valence-corrected chi connectivity index (χ2v) is 5.08. The first-order valence-electron chi connectivity index (χ1n) is 4.04. The van der Waals surface area contributed by atoms with Crippen molar-refractivity contribution >= 4 is 9.84 Å². The molecule has 14 heavy (non-hydrogen) atoms. The van der Waals surface area contributed by atoms with E-state index in [-0.39, 0.29) is 18.0 Å². The SMILES string of the molecule is CS(=O)(=O)c1cnn(C[C@@H](O)CN)c1. The lowest BCUT2D eigenvalue weighted by Gasteiger charge is -2.06. The van der Waals surface area contributed by atoms with E-state index < -0.39 is 15.9 Å². The van der Waals surface area contributed by atoms with Gasteiger partial charge in [0.25, 0.3) is 0 Å². The molecule has 3 N–H and O–H groups in total. The Morgan fingerprint density at radius 2 is 2.36 bits per heavy atom. The van der Waals surface area contributed by atoms with Gasteiger partial charge in [-0.05, 0) is 0 Å². The highest BCUT2D eigenvalue weighted by atomic mass is 32.2. The van der Waals surface area contributed by atoms with Gasteiger partial charge in [0.2, 0.25) is 0 Å². The summed E-state index contributed by atoms with van der Waals surface area (Å²) in [5, 5.41) is 13.0. The summed E-state index contributed by atoms with van der Waals surface area (Å²) in [7, 11) is -3.22. The predicted molar refractivity (Wildman–Crippen MR) is 50.4 cm³/mol. The Labute approximate surface area is 82.3 Å². The van der Waals surface area contributed by atoms with Crippen molar-refractivity contribution in [1.82, 2.24) is 9.78 Å². The van der Waals surface area contributed by atoms with Crippen LogP contribution in [0.3, 0.4) is 0 Å². The minimum absolute atomic E-state index is 0.119. The average molecular weight is 219 g/mol. The monoisotopic (exact) mass is 219 g/mol. The summed E-state index contributed by atoms with van der Waals surface area (Å²) in [6, 6.07) is 0. The first-order valence-corrected chi connectivity index (χ1v) is 5.93. The summed E-state index contributed by atoms with van der Waals surface area (Å²) in [6.07, 6.45) is 3.02. The normalized spacial score (nSPS) is 14.2. The number of nitrogens with two attached hydrogens (primary N) is 1. The molecule has 80 valence electrons. The van der Waals surface area contributed by atoms with Crippen molar-refractivity contribution in [3.05, 3.63) is 12.4 Å². The van der Waals surface area contributed by atoms with Gasteiger partial charge in [0, 0.05) is 19.0 Å². The molecular weight excluding hydrogens is 206 g/mol. The lowest BCUT2D eigenvalue weighted by Crippen LogP contribution is -2.25. The topological polar surface area (TPSA) is 98.2 Å². The van der Waals surface area contributed by atoms with Crippen LogP contribution in [-0.2, 0) is 16.4 Å². The summed E-state index contributed by atoms with van der Waals surface area (Å²) >= 11 is 0. The minimum Gasteiger partial charge on any atom is -0.390 e. The fraction of sp³-hybridized carbons (Fsp3) is 0.571. The molecule has 0 fully saturated rings. The molecule has 1 aromatic heterocycles. The minimum atomic E-state index is -3.22. The van der Waals surface area contributed by atoms with E-state index >= 15 is 0 Å². The van der Waals surface area contributed by atoms with Crippen LogP contribution in [0.25, 0.3) is 0 Å². The molecule has 6 nitrogen and oxygen atoms in total. The van der Waals surface area contributed by atoms with E-state index in [2.05, 4.69) is 5.10 Å². The van der Waals surface area contributed by atoms with Gasteiger partial charge in [-0.25, -0.2) is 8.42 Å². The molecule has 0 saturated carbocycles. The molecule has 1 aromatic rings. The Balaban J connectivity index is 2.79. The van der Waals surface area contributed by atoms with Crippen LogP contribution in [0.15, 0.2) is 17.3 Å². The molecule has 0 aromatic carbocycles. The molecule has 0 aliphatic rings. The summed E-state index contributed by atoms with van der Waals surface area (Å²) in [5.74, 6) is 0. The quantitative estimate of drug-likeness (QED) is 0.649. The van der Waals surface area contributed by atoms with Crippen LogP contribution in [0.2, 0.25) is 0 Å². The summed E-state index contributed by atoms with van der Waals surface area (Å²) in [4.78, 5) is 0.140. The van der Waals surface area contributed by atoms with E-state index in [0.717, 1.165) is 6.26 Å². The van der Waals surface area contributed by atoms with E-state index in [9.17, 15) is 13.5 Å². The number of nitrogens with zero attached hydrogens (tertiary/aromatic N) is 2. The van der Waals surface area contributed by atoms with Gasteiger partial charge in [0.15, 0.2) is 9.84 Å². The van der Waals surface area contributed by atoms with Gasteiger partial charge in [0.1, 0.15) is 4.90 Å². The highest BCUT2D eigenvalue weighted by Gasteiger charge is 2.11. The molecule has 0 aliphatic carbocycles. The van der Waals surface area contributed by atoms with Crippen molar-refractivity contribution in [1.29, 1.82) is 0 Å². The van der Waals surface area contributed by atoms with Gasteiger partial charge in [-0.15, -0.1) is 0 Å². The summed E-state index contributed by atoms with van der Waals surface area (Å²) in [6.45, 7) is 0.320. The molecule has 1 rings (SSSR count). The number of rotatable bonds is 4. The lowest BCUT2D eigenvalue weighted by atomic mass is 10.4. The maximum atomic E-state index is 11.1. The maximum Gasteiger partial charge on any atom is 0.178 e. The smallest absolute Gasteiger partial charge is 0.178 e. The molecular formula is C7H13N3O3S. The Morgan fingerprint density at radius 3 is 2.79 bits per heavy atom. The number of aliphatic hydroxyl groups is 1. The molecule has 0 unspecified atom stereocenters. The number of sulfone groups is 1. The van der Waals surface area contributed by atoms with E-state index in [0.29, 0.717) is 0 Å². The summed E-state index contributed by atoms with van der Waals surface area (Å²) < 4.78 is 23.5. The third-order valence-corrected chi connectivity index (χ3v) is 2.77. The Morgan fingerprint density at radius 1 is 1.71 bits per heavy atom. The standard InChI is InChI=1S/C7H13N3O3S/c1-14(12,13)7-3-9-10(5-7)4-6(11)2-8/h3,5-6,11H,2,4,8H2,1H3/t6-/m0/s1. The number of hydrogen-bond donors (Lipinski definition) is 2. The van der Waals surface area contributed by atoms with Crippen molar-refractivity contribution in [2.45, 2.75) is 17.5 Å². The van der Waals surface area contributed by atoms with Crippen molar-refractivity contribution in [3.8, 4) is 0 Å². The molecule has 0 amide bonds. The lowest BCUT2D eigenvalue weighted by molar-refractivity contribution is 0.157. The Bertz CT molecular complexity index is 398. The fourth-order valence-electron chi connectivity index (χ4n) is 0.926. The van der Waals surface area contributed by atoms with Crippen molar-refractivity contribution < 1.29 is 13.5 Å². The van der Waals surface area contributed by atoms with Gasteiger partial charge in [-0.3, -0.25) is 4.68 Å². The second-order valence-electron chi connectivity index (χ2n) is 3.06. The van der Waals surface area contributed by atoms with Gasteiger partial charge in [-0.1, -0.05) is 0 Å². The highest BCUT2D eigenvalue weighted by molar-refractivity contribution is 7.90. The van der Waals surface area contributed by atoms with Crippen LogP contribution in [0, 0.1) is 0 Å². The van der Waals surface area contributed by atoms with E-state index in [4.69, 9.17) is 5.73 Å². The largest absolute Gasteiger partial charge is 0.390 e. The first kappa shape index (κ1) is 11.2. The highest BCUT2D eigenvalue weighted by Crippen LogP contribution is 2.06. The van der Waals surface area contributed by atoms with Crippen LogP contribution in [0.1, 0.15) is 0 Å². The zero-order valence-corrected chi connectivity index (χ0v) is 8.61. The molecule has 0 bridgehead atoms. The van der Waals surface area contributed by atoms with Gasteiger partial charge >= 0.3 is 0 Å². The van der Waals surface area contributed by atoms with Crippen molar-refractivity contribution in [2.24, 2.45) is 5.73 Å². The van der Waals surface area contributed by atoms with Crippen LogP contribution in [0.4, 0.5) is 0 Å². The van der Waals surface area contributed by atoms with Crippen molar-refractivity contribution in [3.63, 3.8) is 0 Å². The molecule has 0 aliphatic heterocycles. The van der Waals surface area contributed by atoms with E-state index in [1.54, 1.807) is 0 Å². The van der Waals surface area contributed by atoms with Gasteiger partial charge in [0.05, 0.1) is 18.8 Å². The first-order chi connectivity index (χ1) is 6.43. The van der Waals surface area contributed by atoms with Crippen LogP contribution >= 0.6 is 0 Å². The average Bonchev–Trinajstić information content (AvgIpc) is 2.51.